The monoisotopic (exact) mass is 1250 g/mol. The van der Waals surface area contributed by atoms with Crippen molar-refractivity contribution in [3.63, 3.8) is 0 Å². The maximum Gasteiger partial charge on any atom is 0.306 e. The highest BCUT2D eigenvalue weighted by atomic mass is 16.7. The van der Waals surface area contributed by atoms with Crippen molar-refractivity contribution in [2.75, 3.05) is 47.5 Å². The summed E-state index contributed by atoms with van der Waals surface area (Å²) in [5.41, 5.74) is 0. The van der Waals surface area contributed by atoms with Crippen LogP contribution in [0.1, 0.15) is 348 Å². The first-order chi connectivity index (χ1) is 43.6. The Morgan fingerprint density at radius 3 is 0.955 bits per heavy atom. The molecule has 0 fully saturated rings. The quantitative estimate of drug-likeness (QED) is 0.0195. The average molecular weight is 1250 g/mol. The molecule has 0 bridgehead atoms. The van der Waals surface area contributed by atoms with Crippen molar-refractivity contribution in [3.05, 3.63) is 85.1 Å². The summed E-state index contributed by atoms with van der Waals surface area (Å²) in [5.74, 6) is -2.26. The molecule has 0 radical (unpaired) electrons. The van der Waals surface area contributed by atoms with Crippen molar-refractivity contribution in [1.29, 1.82) is 0 Å². The fraction of sp³-hybridized carbons (Fsp3) is 0.787. The van der Waals surface area contributed by atoms with Crippen LogP contribution < -0.4 is 5.11 Å². The maximum absolute atomic E-state index is 13.0. The number of carboxylic acids is 1. The number of nitrogens with zero attached hydrogens (tertiary/aromatic N) is 1. The summed E-state index contributed by atoms with van der Waals surface area (Å²) in [6.07, 6.45) is 92.5. The molecular weight excluding hydrogens is 1100 g/mol. The zero-order valence-corrected chi connectivity index (χ0v) is 59.0. The third-order valence-corrected chi connectivity index (χ3v) is 16.7. The van der Waals surface area contributed by atoms with E-state index in [0.717, 1.165) is 83.5 Å². The Labute approximate surface area is 550 Å². The van der Waals surface area contributed by atoms with Crippen LogP contribution in [0.25, 0.3) is 0 Å². The normalized spacial score (nSPS) is 13.1. The van der Waals surface area contributed by atoms with Crippen LogP contribution in [0.3, 0.4) is 0 Å². The average Bonchev–Trinajstić information content (AvgIpc) is 3.70. The number of ether oxygens (including phenoxy) is 4. The summed E-state index contributed by atoms with van der Waals surface area (Å²) in [6, 6.07) is 0. The standard InChI is InChI=1S/C80H143NO8/c1-6-8-10-12-14-16-18-20-22-24-26-28-30-32-34-35-36-37-38-39-40-41-42-43-45-47-49-51-53-55-57-59-61-63-65-67-69-71-78(83)89-76(75-88-80(79(84)85)86-73-72-81(3,4)5)74-87-77(82)70-68-66-64-62-60-58-56-54-52-50-48-46-44-33-31-29-27-25-23-21-19-17-15-13-11-9-7-2/h8,10,14,16,20,22,26,28,32,34,36-37,39-40,76,80H,6-7,9,11-13,15,17-19,21,23-25,27,29-31,33,35,38,41-75H2,1-5H3/b10-8-,16-14-,22-20-,28-26-,34-32-,37-36-,40-39-. The van der Waals surface area contributed by atoms with Gasteiger partial charge >= 0.3 is 11.9 Å². The third kappa shape index (κ3) is 71.8. The van der Waals surface area contributed by atoms with Crippen LogP contribution in [-0.4, -0.2) is 82.3 Å². The van der Waals surface area contributed by atoms with E-state index >= 15 is 0 Å². The van der Waals surface area contributed by atoms with Crippen molar-refractivity contribution in [3.8, 4) is 0 Å². The molecule has 0 aromatic carbocycles. The SMILES string of the molecule is CC/C=C\C/C=C\C/C=C\C/C=C\C/C=C\C/C=C\C/C=C\CCCCCCCCCCCCCCCCCC(=O)OC(COC(=O)CCCCCCCCCCCCCCCCCCCCCCCCCCCCC)COC(OCC[N+](C)(C)C)C(=O)[O-]. The molecule has 0 saturated heterocycles. The number of hydrogen-bond acceptors (Lipinski definition) is 8. The van der Waals surface area contributed by atoms with E-state index in [1.807, 2.05) is 21.1 Å². The van der Waals surface area contributed by atoms with Gasteiger partial charge in [0.25, 0.3) is 0 Å². The number of carboxylic acid groups (broad SMARTS) is 1. The second kappa shape index (κ2) is 70.3. The molecule has 9 heteroatoms. The molecule has 0 saturated carbocycles. The first-order valence-electron chi connectivity index (χ1n) is 37.7. The van der Waals surface area contributed by atoms with Gasteiger partial charge in [-0.05, 0) is 70.6 Å². The van der Waals surface area contributed by atoms with Gasteiger partial charge in [-0.25, -0.2) is 0 Å². The number of allylic oxidation sites excluding steroid dienone is 14. The summed E-state index contributed by atoms with van der Waals surface area (Å²) in [5, 5.41) is 11.8. The van der Waals surface area contributed by atoms with Crippen molar-refractivity contribution >= 4 is 17.9 Å². The minimum atomic E-state index is -1.62. The van der Waals surface area contributed by atoms with E-state index in [0.29, 0.717) is 23.9 Å². The number of carbonyl (C=O) groups is 3. The number of unbranched alkanes of at least 4 members (excludes halogenated alkanes) is 41. The second-order valence-electron chi connectivity index (χ2n) is 26.6. The first kappa shape index (κ1) is 85.5. The predicted octanol–water partition coefficient (Wildman–Crippen LogP) is 22.5. The molecule has 2 atom stereocenters. The van der Waals surface area contributed by atoms with Gasteiger partial charge in [0.15, 0.2) is 12.4 Å². The summed E-state index contributed by atoms with van der Waals surface area (Å²) < 4.78 is 22.9. The molecule has 89 heavy (non-hydrogen) atoms. The van der Waals surface area contributed by atoms with Gasteiger partial charge in [0.05, 0.1) is 40.3 Å². The van der Waals surface area contributed by atoms with E-state index in [4.69, 9.17) is 18.9 Å². The molecule has 0 aromatic heterocycles. The molecule has 0 N–H and O–H groups in total. The van der Waals surface area contributed by atoms with Gasteiger partial charge in [-0.2, -0.15) is 0 Å². The molecule has 9 nitrogen and oxygen atoms in total. The fourth-order valence-electron chi connectivity index (χ4n) is 10.9. The summed E-state index contributed by atoms with van der Waals surface area (Å²) >= 11 is 0. The fourth-order valence-corrected chi connectivity index (χ4v) is 10.9. The molecule has 2 unspecified atom stereocenters. The number of likely N-dealkylation sites (N-methyl/N-ethyl adjacent to an activating group) is 1. The van der Waals surface area contributed by atoms with E-state index < -0.39 is 24.3 Å². The molecule has 0 spiro atoms. The molecule has 0 aliphatic carbocycles. The van der Waals surface area contributed by atoms with Gasteiger partial charge in [-0.3, -0.25) is 9.59 Å². The smallest absolute Gasteiger partial charge is 0.306 e. The van der Waals surface area contributed by atoms with E-state index in [9.17, 15) is 19.5 Å². The lowest BCUT2D eigenvalue weighted by Gasteiger charge is -2.26. The predicted molar refractivity (Wildman–Crippen MR) is 380 cm³/mol. The van der Waals surface area contributed by atoms with E-state index in [-0.39, 0.29) is 32.2 Å². The van der Waals surface area contributed by atoms with Crippen LogP contribution in [0.2, 0.25) is 0 Å². The first-order valence-corrected chi connectivity index (χ1v) is 37.7. The zero-order chi connectivity index (χ0) is 64.7. The lowest BCUT2D eigenvalue weighted by atomic mass is 10.0. The molecule has 0 rings (SSSR count). The largest absolute Gasteiger partial charge is 0.545 e. The number of quaternary nitrogens is 1. The zero-order valence-electron chi connectivity index (χ0n) is 59.0. The third-order valence-electron chi connectivity index (χ3n) is 16.7. The Balaban J connectivity index is 4.05. The molecule has 0 heterocycles. The maximum atomic E-state index is 13.0. The lowest BCUT2D eigenvalue weighted by molar-refractivity contribution is -0.870. The Hall–Kier alpha value is -3.53. The van der Waals surface area contributed by atoms with Crippen LogP contribution in [0.4, 0.5) is 0 Å². The van der Waals surface area contributed by atoms with Crippen LogP contribution in [0.5, 0.6) is 0 Å². The van der Waals surface area contributed by atoms with Crippen LogP contribution in [0, 0.1) is 0 Å². The van der Waals surface area contributed by atoms with Crippen molar-refractivity contribution in [2.45, 2.75) is 360 Å². The van der Waals surface area contributed by atoms with Gasteiger partial charge in [-0.15, -0.1) is 0 Å². The Bertz CT molecular complexity index is 1740. The summed E-state index contributed by atoms with van der Waals surface area (Å²) in [4.78, 5) is 37.6. The molecule has 0 aliphatic rings. The van der Waals surface area contributed by atoms with Crippen molar-refractivity contribution < 1.29 is 42.9 Å². The van der Waals surface area contributed by atoms with E-state index in [2.05, 4.69) is 98.9 Å². The van der Waals surface area contributed by atoms with Crippen LogP contribution in [0.15, 0.2) is 85.1 Å². The van der Waals surface area contributed by atoms with Crippen LogP contribution >= 0.6 is 0 Å². The molecular formula is C80H143NO8. The number of aliphatic carboxylic acids is 1. The van der Waals surface area contributed by atoms with E-state index in [1.54, 1.807) is 0 Å². The summed E-state index contributed by atoms with van der Waals surface area (Å²) in [7, 11) is 5.94. The number of rotatable bonds is 70. The van der Waals surface area contributed by atoms with Gasteiger partial charge in [0, 0.05) is 12.8 Å². The van der Waals surface area contributed by atoms with Gasteiger partial charge in [-0.1, -0.05) is 349 Å². The van der Waals surface area contributed by atoms with Crippen molar-refractivity contribution in [2.24, 2.45) is 0 Å². The highest BCUT2D eigenvalue weighted by molar-refractivity contribution is 5.70. The molecule has 0 aliphatic heterocycles. The van der Waals surface area contributed by atoms with E-state index in [1.165, 1.54) is 231 Å². The van der Waals surface area contributed by atoms with Gasteiger partial charge in [0.2, 0.25) is 0 Å². The second-order valence-corrected chi connectivity index (χ2v) is 26.6. The highest BCUT2D eigenvalue weighted by Gasteiger charge is 2.22. The minimum absolute atomic E-state index is 0.148. The number of carbonyl (C=O) groups excluding carboxylic acids is 3. The highest BCUT2D eigenvalue weighted by Crippen LogP contribution is 2.19. The molecule has 0 aromatic rings. The van der Waals surface area contributed by atoms with Gasteiger partial charge in [0.1, 0.15) is 13.2 Å². The molecule has 0 amide bonds. The Kier molecular flexibility index (Phi) is 67.6. The summed E-state index contributed by atoms with van der Waals surface area (Å²) in [6.45, 7) is 4.69. The number of hydrogen-bond donors (Lipinski definition) is 0. The van der Waals surface area contributed by atoms with Crippen molar-refractivity contribution in [1.82, 2.24) is 0 Å². The van der Waals surface area contributed by atoms with Gasteiger partial charge < -0.3 is 33.3 Å². The Morgan fingerprint density at radius 1 is 0.348 bits per heavy atom. The lowest BCUT2D eigenvalue weighted by Crippen LogP contribution is -2.44. The molecule has 516 valence electrons. The minimum Gasteiger partial charge on any atom is -0.545 e. The Morgan fingerprint density at radius 2 is 0.640 bits per heavy atom. The number of esters is 2. The topological polar surface area (TPSA) is 111 Å². The van der Waals surface area contributed by atoms with Crippen LogP contribution in [-0.2, 0) is 33.3 Å².